The van der Waals surface area contributed by atoms with Gasteiger partial charge < -0.3 is 5.32 Å². The summed E-state index contributed by atoms with van der Waals surface area (Å²) in [5.74, 6) is 0.770. The van der Waals surface area contributed by atoms with E-state index in [0.717, 1.165) is 5.92 Å². The highest BCUT2D eigenvalue weighted by Gasteiger charge is 2.22. The zero-order valence-electron chi connectivity index (χ0n) is 10.5. The molecule has 3 rings (SSSR count). The van der Waals surface area contributed by atoms with E-state index in [1.165, 1.54) is 68.6 Å². The maximum Gasteiger partial charge on any atom is 0.0959 e. The molecule has 0 amide bonds. The Balaban J connectivity index is 1.68. The minimum Gasteiger partial charge on any atom is -0.309 e. The molecule has 2 fully saturated rings. The molecule has 94 valence electrons. The van der Waals surface area contributed by atoms with Crippen LogP contribution < -0.4 is 5.32 Å². The topological polar surface area (TPSA) is 24.9 Å². The summed E-state index contributed by atoms with van der Waals surface area (Å²) in [5.41, 5.74) is 1.32. The fraction of sp³-hybridized carbons (Fsp3) is 0.786. The van der Waals surface area contributed by atoms with E-state index in [9.17, 15) is 0 Å². The summed E-state index contributed by atoms with van der Waals surface area (Å²) < 4.78 is 0. The van der Waals surface area contributed by atoms with Crippen molar-refractivity contribution in [1.82, 2.24) is 10.3 Å². The van der Waals surface area contributed by atoms with Gasteiger partial charge in [-0.05, 0) is 32.2 Å². The first-order valence-corrected chi connectivity index (χ1v) is 8.00. The highest BCUT2D eigenvalue weighted by Crippen LogP contribution is 2.35. The molecule has 0 radical (unpaired) electrons. The molecule has 1 atom stereocenters. The Morgan fingerprint density at radius 1 is 1.06 bits per heavy atom. The fourth-order valence-electron chi connectivity index (χ4n) is 3.10. The standard InChI is InChI=1S/C14H22N2S/c1-2-6-11(7-3-1)14-16-13(10-17-14)12-8-4-5-9-15-12/h10-12,15H,1-9H2. The van der Waals surface area contributed by atoms with Gasteiger partial charge >= 0.3 is 0 Å². The van der Waals surface area contributed by atoms with Crippen molar-refractivity contribution in [1.29, 1.82) is 0 Å². The SMILES string of the molecule is c1sc(C2CCCCC2)nc1C1CCCCN1. The van der Waals surface area contributed by atoms with E-state index in [1.54, 1.807) is 0 Å². The van der Waals surface area contributed by atoms with Gasteiger partial charge in [0.25, 0.3) is 0 Å². The molecule has 0 spiro atoms. The molecular formula is C14H22N2S. The molecule has 1 saturated carbocycles. The number of rotatable bonds is 2. The highest BCUT2D eigenvalue weighted by molar-refractivity contribution is 7.09. The van der Waals surface area contributed by atoms with Crippen LogP contribution in [0.25, 0.3) is 0 Å². The van der Waals surface area contributed by atoms with Crippen LogP contribution in [0.2, 0.25) is 0 Å². The van der Waals surface area contributed by atoms with Gasteiger partial charge in [0.2, 0.25) is 0 Å². The van der Waals surface area contributed by atoms with E-state index in [0.29, 0.717) is 6.04 Å². The normalized spacial score (nSPS) is 27.2. The summed E-state index contributed by atoms with van der Waals surface area (Å²) in [5, 5.41) is 7.30. The van der Waals surface area contributed by atoms with E-state index in [-0.39, 0.29) is 0 Å². The van der Waals surface area contributed by atoms with Crippen LogP contribution in [0.1, 0.15) is 74.0 Å². The molecule has 1 unspecified atom stereocenters. The first-order chi connectivity index (χ1) is 8.43. The third kappa shape index (κ3) is 2.71. The average molecular weight is 250 g/mol. The molecule has 17 heavy (non-hydrogen) atoms. The lowest BCUT2D eigenvalue weighted by Crippen LogP contribution is -2.27. The number of thiazole rings is 1. The van der Waals surface area contributed by atoms with Gasteiger partial charge in [-0.3, -0.25) is 0 Å². The second-order valence-electron chi connectivity index (χ2n) is 5.45. The number of nitrogens with one attached hydrogen (secondary N) is 1. The lowest BCUT2D eigenvalue weighted by atomic mass is 9.90. The summed E-state index contributed by atoms with van der Waals surface area (Å²) in [6.45, 7) is 1.17. The van der Waals surface area contributed by atoms with Crippen LogP contribution in [0.15, 0.2) is 5.38 Å². The molecule has 1 aromatic heterocycles. The lowest BCUT2D eigenvalue weighted by Gasteiger charge is -2.22. The van der Waals surface area contributed by atoms with Gasteiger partial charge in [-0.1, -0.05) is 25.7 Å². The van der Waals surface area contributed by atoms with Gasteiger partial charge in [-0.25, -0.2) is 4.98 Å². The van der Waals surface area contributed by atoms with E-state index < -0.39 is 0 Å². The van der Waals surface area contributed by atoms with Crippen LogP contribution in [0.3, 0.4) is 0 Å². The third-order valence-electron chi connectivity index (χ3n) is 4.16. The number of hydrogen-bond donors (Lipinski definition) is 1. The Hall–Kier alpha value is -0.410. The maximum atomic E-state index is 4.91. The van der Waals surface area contributed by atoms with Crippen molar-refractivity contribution in [3.63, 3.8) is 0 Å². The quantitative estimate of drug-likeness (QED) is 0.858. The predicted molar refractivity (Wildman–Crippen MR) is 72.5 cm³/mol. The van der Waals surface area contributed by atoms with Gasteiger partial charge in [0.15, 0.2) is 0 Å². The minimum atomic E-state index is 0.539. The lowest BCUT2D eigenvalue weighted by molar-refractivity contribution is 0.403. The van der Waals surface area contributed by atoms with Crippen LogP contribution in [-0.4, -0.2) is 11.5 Å². The predicted octanol–water partition coefficient (Wildman–Crippen LogP) is 4.01. The van der Waals surface area contributed by atoms with Crippen molar-refractivity contribution in [2.75, 3.05) is 6.54 Å². The van der Waals surface area contributed by atoms with E-state index in [2.05, 4.69) is 10.7 Å². The smallest absolute Gasteiger partial charge is 0.0959 e. The fourth-order valence-corrected chi connectivity index (χ4v) is 4.15. The summed E-state index contributed by atoms with van der Waals surface area (Å²) >= 11 is 1.90. The van der Waals surface area contributed by atoms with Crippen molar-refractivity contribution in [2.45, 2.75) is 63.3 Å². The molecule has 2 aliphatic rings. The van der Waals surface area contributed by atoms with Gasteiger partial charge in [-0.15, -0.1) is 11.3 Å². The molecule has 0 bridgehead atoms. The van der Waals surface area contributed by atoms with Gasteiger partial charge in [0.1, 0.15) is 0 Å². The van der Waals surface area contributed by atoms with E-state index >= 15 is 0 Å². The Bertz CT molecular complexity index is 316. The van der Waals surface area contributed by atoms with Crippen LogP contribution in [-0.2, 0) is 0 Å². The van der Waals surface area contributed by atoms with E-state index in [1.807, 2.05) is 11.3 Å². The third-order valence-corrected chi connectivity index (χ3v) is 5.19. The number of aromatic nitrogens is 1. The van der Waals surface area contributed by atoms with Crippen molar-refractivity contribution in [3.05, 3.63) is 16.1 Å². The second-order valence-corrected chi connectivity index (χ2v) is 6.34. The molecule has 1 aromatic rings. The first kappa shape index (κ1) is 11.7. The van der Waals surface area contributed by atoms with E-state index in [4.69, 9.17) is 4.98 Å². The molecular weight excluding hydrogens is 228 g/mol. The molecule has 1 aliphatic heterocycles. The van der Waals surface area contributed by atoms with Crippen molar-refractivity contribution in [2.24, 2.45) is 0 Å². The first-order valence-electron chi connectivity index (χ1n) is 7.12. The van der Waals surface area contributed by atoms with Gasteiger partial charge in [0.05, 0.1) is 16.7 Å². The second kappa shape index (κ2) is 5.49. The van der Waals surface area contributed by atoms with Crippen LogP contribution >= 0.6 is 11.3 Å². The number of piperidine rings is 1. The summed E-state index contributed by atoms with van der Waals surface area (Å²) in [6, 6.07) is 0.539. The van der Waals surface area contributed by atoms with Gasteiger partial charge in [0, 0.05) is 11.3 Å². The van der Waals surface area contributed by atoms with Crippen molar-refractivity contribution in [3.8, 4) is 0 Å². The summed E-state index contributed by atoms with van der Waals surface area (Å²) in [7, 11) is 0. The number of nitrogens with zero attached hydrogens (tertiary/aromatic N) is 1. The Labute approximate surface area is 108 Å². The average Bonchev–Trinajstić information content (AvgIpc) is 2.90. The molecule has 3 heteroatoms. The van der Waals surface area contributed by atoms with Crippen LogP contribution in [0, 0.1) is 0 Å². The van der Waals surface area contributed by atoms with Crippen molar-refractivity contribution >= 4 is 11.3 Å². The van der Waals surface area contributed by atoms with Crippen LogP contribution in [0.5, 0.6) is 0 Å². The maximum absolute atomic E-state index is 4.91. The molecule has 2 nitrogen and oxygen atoms in total. The molecule has 1 N–H and O–H groups in total. The van der Waals surface area contributed by atoms with Crippen molar-refractivity contribution < 1.29 is 0 Å². The summed E-state index contributed by atoms with van der Waals surface area (Å²) in [4.78, 5) is 4.91. The summed E-state index contributed by atoms with van der Waals surface area (Å²) in [6.07, 6.45) is 10.9. The highest BCUT2D eigenvalue weighted by atomic mass is 32.1. The van der Waals surface area contributed by atoms with Crippen LogP contribution in [0.4, 0.5) is 0 Å². The minimum absolute atomic E-state index is 0.539. The Morgan fingerprint density at radius 2 is 1.88 bits per heavy atom. The molecule has 1 saturated heterocycles. The molecule has 0 aromatic carbocycles. The Morgan fingerprint density at radius 3 is 2.65 bits per heavy atom. The number of hydrogen-bond acceptors (Lipinski definition) is 3. The zero-order chi connectivity index (χ0) is 11.5. The molecule has 1 aliphatic carbocycles. The monoisotopic (exact) mass is 250 g/mol. The molecule has 2 heterocycles. The Kier molecular flexibility index (Phi) is 3.77. The largest absolute Gasteiger partial charge is 0.309 e. The zero-order valence-corrected chi connectivity index (χ0v) is 11.3. The van der Waals surface area contributed by atoms with Gasteiger partial charge in [-0.2, -0.15) is 0 Å².